The van der Waals surface area contributed by atoms with Crippen molar-refractivity contribution in [3.05, 3.63) is 16.0 Å². The zero-order chi connectivity index (χ0) is 12.3. The van der Waals surface area contributed by atoms with Gasteiger partial charge in [0.2, 0.25) is 0 Å². The van der Waals surface area contributed by atoms with Crippen LogP contribution in [-0.2, 0) is 4.74 Å². The summed E-state index contributed by atoms with van der Waals surface area (Å²) >= 11 is 6.95. The Labute approximate surface area is 103 Å². The van der Waals surface area contributed by atoms with Gasteiger partial charge < -0.3 is 4.74 Å². The number of nitrogens with zero attached hydrogens (tertiary/aromatic N) is 1. The van der Waals surface area contributed by atoms with Crippen LogP contribution in [0.4, 0.5) is 9.80 Å². The zero-order valence-corrected chi connectivity index (χ0v) is 10.7. The molecule has 0 bridgehead atoms. The van der Waals surface area contributed by atoms with Crippen LogP contribution in [0.1, 0.15) is 26.3 Å². The van der Waals surface area contributed by atoms with E-state index in [-0.39, 0.29) is 5.56 Å². The minimum Gasteiger partial charge on any atom is -0.444 e. The summed E-state index contributed by atoms with van der Waals surface area (Å²) in [6.07, 6.45) is -0.595. The molecule has 0 aromatic carbocycles. The lowest BCUT2D eigenvalue weighted by atomic mass is 10.2. The third-order valence-electron chi connectivity index (χ3n) is 1.47. The number of ether oxygens (including phenoxy) is 1. The molecule has 0 aliphatic heterocycles. The molecule has 0 radical (unpaired) electrons. The molecule has 1 rings (SSSR count). The topological polar surface area (TPSA) is 62.1 Å². The van der Waals surface area contributed by atoms with Crippen molar-refractivity contribution in [3.63, 3.8) is 0 Å². The van der Waals surface area contributed by atoms with Gasteiger partial charge in [-0.2, -0.15) is 5.26 Å². The molecule has 0 spiro atoms. The number of carbonyl (C=O) groups excluding carboxylic acids is 1. The number of anilines is 1. The highest BCUT2D eigenvalue weighted by molar-refractivity contribution is 7.15. The maximum absolute atomic E-state index is 11.4. The fraction of sp³-hybridized carbons (Fsp3) is 0.400. The Morgan fingerprint density at radius 2 is 2.25 bits per heavy atom. The Morgan fingerprint density at radius 3 is 2.75 bits per heavy atom. The second-order valence-corrected chi connectivity index (χ2v) is 5.31. The van der Waals surface area contributed by atoms with Crippen LogP contribution in [0.15, 0.2) is 5.38 Å². The standard InChI is InChI=1S/C10H11ClN2O2S/c1-10(2,3)15-9(14)13-8-6(4-12)7(11)5-16-8/h5H,1-3H3,(H,13,14). The van der Waals surface area contributed by atoms with Crippen molar-refractivity contribution >= 4 is 34.0 Å². The van der Waals surface area contributed by atoms with Gasteiger partial charge >= 0.3 is 6.09 Å². The lowest BCUT2D eigenvalue weighted by Crippen LogP contribution is -2.27. The lowest BCUT2D eigenvalue weighted by molar-refractivity contribution is 0.0636. The molecule has 0 aliphatic carbocycles. The Kier molecular flexibility index (Phi) is 3.79. The minimum atomic E-state index is -0.595. The molecule has 4 nitrogen and oxygen atoms in total. The highest BCUT2D eigenvalue weighted by Gasteiger charge is 2.18. The third kappa shape index (κ3) is 3.40. The summed E-state index contributed by atoms with van der Waals surface area (Å²) in [6, 6.07) is 1.92. The first-order valence-electron chi connectivity index (χ1n) is 4.50. The summed E-state index contributed by atoms with van der Waals surface area (Å²) in [4.78, 5) is 11.4. The van der Waals surface area contributed by atoms with E-state index in [1.54, 1.807) is 26.2 Å². The number of rotatable bonds is 1. The second-order valence-electron chi connectivity index (χ2n) is 4.03. The number of hydrogen-bond donors (Lipinski definition) is 1. The molecule has 86 valence electrons. The van der Waals surface area contributed by atoms with E-state index >= 15 is 0 Å². The molecule has 1 aromatic rings. The van der Waals surface area contributed by atoms with Crippen molar-refractivity contribution < 1.29 is 9.53 Å². The summed E-state index contributed by atoms with van der Waals surface area (Å²) in [6.45, 7) is 5.29. The zero-order valence-electron chi connectivity index (χ0n) is 9.13. The van der Waals surface area contributed by atoms with Crippen molar-refractivity contribution in [2.24, 2.45) is 0 Å². The van der Waals surface area contributed by atoms with Crippen LogP contribution in [-0.4, -0.2) is 11.7 Å². The van der Waals surface area contributed by atoms with E-state index in [1.165, 1.54) is 11.3 Å². The van der Waals surface area contributed by atoms with Crippen LogP contribution in [0.3, 0.4) is 0 Å². The van der Waals surface area contributed by atoms with Crippen LogP contribution in [0.5, 0.6) is 0 Å². The number of amides is 1. The van der Waals surface area contributed by atoms with E-state index in [2.05, 4.69) is 5.32 Å². The summed E-state index contributed by atoms with van der Waals surface area (Å²) in [5, 5.41) is 13.6. The van der Waals surface area contributed by atoms with E-state index < -0.39 is 11.7 Å². The molecule has 0 atom stereocenters. The monoisotopic (exact) mass is 258 g/mol. The maximum Gasteiger partial charge on any atom is 0.412 e. The van der Waals surface area contributed by atoms with E-state index in [1.807, 2.05) is 6.07 Å². The normalized spacial score (nSPS) is 10.7. The first-order valence-corrected chi connectivity index (χ1v) is 5.76. The smallest absolute Gasteiger partial charge is 0.412 e. The molecule has 0 saturated heterocycles. The number of hydrogen-bond acceptors (Lipinski definition) is 4. The molecule has 0 unspecified atom stereocenters. The Morgan fingerprint density at radius 1 is 1.62 bits per heavy atom. The van der Waals surface area contributed by atoms with E-state index in [0.717, 1.165) is 0 Å². The molecule has 0 fully saturated rings. The van der Waals surface area contributed by atoms with Gasteiger partial charge in [0, 0.05) is 5.38 Å². The Hall–Kier alpha value is -1.25. The van der Waals surface area contributed by atoms with Crippen LogP contribution >= 0.6 is 22.9 Å². The van der Waals surface area contributed by atoms with Gasteiger partial charge in [0.05, 0.1) is 5.02 Å². The van der Waals surface area contributed by atoms with Gasteiger partial charge in [-0.3, -0.25) is 5.32 Å². The molecule has 0 saturated carbocycles. The fourth-order valence-electron chi connectivity index (χ4n) is 0.929. The Balaban J connectivity index is 2.75. The molecular weight excluding hydrogens is 248 g/mol. The molecule has 1 N–H and O–H groups in total. The number of carbonyl (C=O) groups is 1. The number of nitrogens with one attached hydrogen (secondary N) is 1. The summed E-state index contributed by atoms with van der Waals surface area (Å²) < 4.78 is 5.05. The van der Waals surface area contributed by atoms with Crippen LogP contribution in [0, 0.1) is 11.3 Å². The molecule has 6 heteroatoms. The van der Waals surface area contributed by atoms with Gasteiger partial charge in [-0.05, 0) is 20.8 Å². The molecule has 1 aromatic heterocycles. The SMILES string of the molecule is CC(C)(C)OC(=O)Nc1scc(Cl)c1C#N. The van der Waals surface area contributed by atoms with Crippen LogP contribution < -0.4 is 5.32 Å². The maximum atomic E-state index is 11.4. The highest BCUT2D eigenvalue weighted by atomic mass is 35.5. The van der Waals surface area contributed by atoms with Crippen molar-refractivity contribution in [2.75, 3.05) is 5.32 Å². The molecule has 0 aliphatic rings. The van der Waals surface area contributed by atoms with Crippen LogP contribution in [0.2, 0.25) is 5.02 Å². The van der Waals surface area contributed by atoms with Crippen molar-refractivity contribution in [1.82, 2.24) is 0 Å². The predicted octanol–water partition coefficient (Wildman–Crippen LogP) is 3.62. The largest absolute Gasteiger partial charge is 0.444 e. The Bertz CT molecular complexity index is 443. The fourth-order valence-corrected chi connectivity index (χ4v) is 2.01. The van der Waals surface area contributed by atoms with Crippen molar-refractivity contribution in [3.8, 4) is 6.07 Å². The van der Waals surface area contributed by atoms with Gasteiger partial charge in [0.25, 0.3) is 0 Å². The number of halogens is 1. The molecule has 1 heterocycles. The third-order valence-corrected chi connectivity index (χ3v) is 2.80. The van der Waals surface area contributed by atoms with Gasteiger partial charge in [-0.25, -0.2) is 4.79 Å². The van der Waals surface area contributed by atoms with Crippen molar-refractivity contribution in [1.29, 1.82) is 5.26 Å². The first-order chi connectivity index (χ1) is 7.33. The van der Waals surface area contributed by atoms with E-state index in [4.69, 9.17) is 21.6 Å². The van der Waals surface area contributed by atoms with Crippen molar-refractivity contribution in [2.45, 2.75) is 26.4 Å². The van der Waals surface area contributed by atoms with Gasteiger partial charge in [-0.1, -0.05) is 11.6 Å². The van der Waals surface area contributed by atoms with Gasteiger partial charge in [0.15, 0.2) is 0 Å². The van der Waals surface area contributed by atoms with Gasteiger partial charge in [0.1, 0.15) is 22.2 Å². The average Bonchev–Trinajstić information content (AvgIpc) is 2.43. The lowest BCUT2D eigenvalue weighted by Gasteiger charge is -2.19. The average molecular weight is 259 g/mol. The first kappa shape index (κ1) is 12.8. The molecule has 16 heavy (non-hydrogen) atoms. The predicted molar refractivity (Wildman–Crippen MR) is 63.9 cm³/mol. The summed E-state index contributed by atoms with van der Waals surface area (Å²) in [7, 11) is 0. The summed E-state index contributed by atoms with van der Waals surface area (Å²) in [5.41, 5.74) is -0.310. The number of nitriles is 1. The summed E-state index contributed by atoms with van der Waals surface area (Å²) in [5.74, 6) is 0. The minimum absolute atomic E-state index is 0.262. The quantitative estimate of drug-likeness (QED) is 0.837. The second kappa shape index (κ2) is 4.73. The van der Waals surface area contributed by atoms with Gasteiger partial charge in [-0.15, -0.1) is 11.3 Å². The highest BCUT2D eigenvalue weighted by Crippen LogP contribution is 2.31. The molecular formula is C10H11ClN2O2S. The van der Waals surface area contributed by atoms with E-state index in [0.29, 0.717) is 10.0 Å². The van der Waals surface area contributed by atoms with E-state index in [9.17, 15) is 4.79 Å². The van der Waals surface area contributed by atoms with Crippen LogP contribution in [0.25, 0.3) is 0 Å². The number of thiophene rings is 1. The molecule has 1 amide bonds.